The maximum Gasteiger partial charge on any atom is 0.339 e. The number of aromatic nitrogens is 1. The lowest BCUT2D eigenvalue weighted by atomic mass is 9.93. The van der Waals surface area contributed by atoms with E-state index in [1.165, 1.54) is 0 Å². The Bertz CT molecular complexity index is 998. The van der Waals surface area contributed by atoms with Crippen molar-refractivity contribution in [3.63, 3.8) is 0 Å². The van der Waals surface area contributed by atoms with E-state index in [9.17, 15) is 9.59 Å². The highest BCUT2D eigenvalue weighted by atomic mass is 16.5. The molecule has 0 saturated carbocycles. The molecule has 3 aromatic rings. The molecule has 2 aromatic carbocycles. The second-order valence-corrected chi connectivity index (χ2v) is 6.56. The van der Waals surface area contributed by atoms with Crippen LogP contribution in [0, 0.1) is 6.92 Å². The van der Waals surface area contributed by atoms with Gasteiger partial charge in [-0.25, -0.2) is 9.78 Å². The van der Waals surface area contributed by atoms with Crippen LogP contribution in [0.1, 0.15) is 43.5 Å². The van der Waals surface area contributed by atoms with E-state index in [0.717, 1.165) is 16.7 Å². The molecular weight excluding hydrogens is 340 g/mol. The van der Waals surface area contributed by atoms with Crippen LogP contribution in [0.15, 0.2) is 66.9 Å². The van der Waals surface area contributed by atoms with Crippen LogP contribution in [-0.2, 0) is 11.2 Å². The van der Waals surface area contributed by atoms with Gasteiger partial charge in [0.15, 0.2) is 0 Å². The first-order valence-corrected chi connectivity index (χ1v) is 8.73. The SMILES string of the molecule is Cc1ccc(NC(=O)c2ccc3c(c2)C[C@H](c2ccccc2)OC3=O)nc1. The number of nitrogens with one attached hydrogen (secondary N) is 1. The number of ether oxygens (including phenoxy) is 1. The van der Waals surface area contributed by atoms with E-state index in [0.29, 0.717) is 23.4 Å². The lowest BCUT2D eigenvalue weighted by molar-refractivity contribution is 0.0252. The lowest BCUT2D eigenvalue weighted by Crippen LogP contribution is -2.23. The van der Waals surface area contributed by atoms with Crippen molar-refractivity contribution in [3.05, 3.63) is 94.7 Å². The molecule has 1 aromatic heterocycles. The molecule has 1 atom stereocenters. The van der Waals surface area contributed by atoms with Crippen molar-refractivity contribution in [1.29, 1.82) is 0 Å². The third-order valence-electron chi connectivity index (χ3n) is 4.57. The first-order valence-electron chi connectivity index (χ1n) is 8.73. The van der Waals surface area contributed by atoms with Crippen molar-refractivity contribution in [3.8, 4) is 0 Å². The van der Waals surface area contributed by atoms with Crippen LogP contribution >= 0.6 is 0 Å². The Hall–Kier alpha value is -3.47. The molecule has 27 heavy (non-hydrogen) atoms. The second-order valence-electron chi connectivity index (χ2n) is 6.56. The van der Waals surface area contributed by atoms with Gasteiger partial charge in [0.25, 0.3) is 5.91 Å². The van der Waals surface area contributed by atoms with E-state index in [1.54, 1.807) is 30.5 Å². The van der Waals surface area contributed by atoms with E-state index in [4.69, 9.17) is 4.74 Å². The summed E-state index contributed by atoms with van der Waals surface area (Å²) in [7, 11) is 0. The van der Waals surface area contributed by atoms with Crippen LogP contribution in [0.4, 0.5) is 5.82 Å². The summed E-state index contributed by atoms with van der Waals surface area (Å²) < 4.78 is 5.56. The van der Waals surface area contributed by atoms with Crippen molar-refractivity contribution in [2.75, 3.05) is 5.32 Å². The quantitative estimate of drug-likeness (QED) is 0.716. The van der Waals surface area contributed by atoms with E-state index in [-0.39, 0.29) is 18.0 Å². The molecule has 5 nitrogen and oxygen atoms in total. The molecule has 5 heteroatoms. The number of rotatable bonds is 3. The van der Waals surface area contributed by atoms with Gasteiger partial charge in [0, 0.05) is 18.2 Å². The van der Waals surface area contributed by atoms with Gasteiger partial charge in [-0.05, 0) is 47.9 Å². The Morgan fingerprint density at radius 3 is 2.67 bits per heavy atom. The fourth-order valence-corrected chi connectivity index (χ4v) is 3.12. The standard InChI is InChI=1S/C22H18N2O3/c1-14-7-10-20(23-13-14)24-21(25)16-8-9-18-17(11-16)12-19(27-22(18)26)15-5-3-2-4-6-15/h2-11,13,19H,12H2,1H3,(H,23,24,25)/t19-/m1/s1. The predicted octanol–water partition coefficient (Wildman–Crippen LogP) is 4.10. The van der Waals surface area contributed by atoms with Crippen LogP contribution in [0.5, 0.6) is 0 Å². The number of hydrogen-bond donors (Lipinski definition) is 1. The van der Waals surface area contributed by atoms with Crippen LogP contribution in [-0.4, -0.2) is 16.9 Å². The largest absolute Gasteiger partial charge is 0.454 e. The Morgan fingerprint density at radius 1 is 1.11 bits per heavy atom. The summed E-state index contributed by atoms with van der Waals surface area (Å²) >= 11 is 0. The molecular formula is C22H18N2O3. The minimum Gasteiger partial charge on any atom is -0.454 e. The lowest BCUT2D eigenvalue weighted by Gasteiger charge is -2.25. The summed E-state index contributed by atoms with van der Waals surface area (Å²) in [4.78, 5) is 29.1. The number of carbonyl (C=O) groups is 2. The molecule has 0 bridgehead atoms. The third kappa shape index (κ3) is 3.58. The van der Waals surface area contributed by atoms with Crippen molar-refractivity contribution in [2.45, 2.75) is 19.4 Å². The highest BCUT2D eigenvalue weighted by Gasteiger charge is 2.28. The van der Waals surface area contributed by atoms with Gasteiger partial charge in [-0.1, -0.05) is 36.4 Å². The summed E-state index contributed by atoms with van der Waals surface area (Å²) in [6, 6.07) is 18.3. The van der Waals surface area contributed by atoms with Crippen LogP contribution in [0.25, 0.3) is 0 Å². The zero-order chi connectivity index (χ0) is 18.8. The van der Waals surface area contributed by atoms with E-state index < -0.39 is 0 Å². The summed E-state index contributed by atoms with van der Waals surface area (Å²) in [5.74, 6) is -0.133. The zero-order valence-corrected chi connectivity index (χ0v) is 14.8. The molecule has 2 heterocycles. The van der Waals surface area contributed by atoms with Crippen LogP contribution < -0.4 is 5.32 Å². The average molecular weight is 358 g/mol. The average Bonchev–Trinajstić information content (AvgIpc) is 2.70. The molecule has 0 aliphatic carbocycles. The molecule has 4 rings (SSSR count). The molecule has 0 radical (unpaired) electrons. The number of esters is 1. The van der Waals surface area contributed by atoms with Gasteiger partial charge < -0.3 is 10.1 Å². The zero-order valence-electron chi connectivity index (χ0n) is 14.8. The van der Waals surface area contributed by atoms with E-state index in [2.05, 4.69) is 10.3 Å². The number of pyridine rings is 1. The molecule has 1 aliphatic heterocycles. The first kappa shape index (κ1) is 17.0. The van der Waals surface area contributed by atoms with Crippen molar-refractivity contribution in [2.24, 2.45) is 0 Å². The summed E-state index contributed by atoms with van der Waals surface area (Å²) in [6.45, 7) is 1.93. The Morgan fingerprint density at radius 2 is 1.93 bits per heavy atom. The van der Waals surface area contributed by atoms with Gasteiger partial charge in [0.1, 0.15) is 11.9 Å². The van der Waals surface area contributed by atoms with Gasteiger partial charge in [-0.3, -0.25) is 4.79 Å². The monoisotopic (exact) mass is 358 g/mol. The molecule has 134 valence electrons. The molecule has 0 spiro atoms. The molecule has 0 saturated heterocycles. The first-order chi connectivity index (χ1) is 13.1. The number of carbonyl (C=O) groups excluding carboxylic acids is 2. The third-order valence-corrected chi connectivity index (χ3v) is 4.57. The second kappa shape index (κ2) is 7.03. The van der Waals surface area contributed by atoms with Gasteiger partial charge in [0.05, 0.1) is 5.56 Å². The molecule has 0 fully saturated rings. The number of benzene rings is 2. The van der Waals surface area contributed by atoms with Gasteiger partial charge >= 0.3 is 5.97 Å². The Kier molecular flexibility index (Phi) is 4.42. The van der Waals surface area contributed by atoms with E-state index in [1.807, 2.05) is 43.3 Å². The van der Waals surface area contributed by atoms with Crippen LogP contribution in [0.2, 0.25) is 0 Å². The van der Waals surface area contributed by atoms with Gasteiger partial charge in [0.2, 0.25) is 0 Å². The summed E-state index contributed by atoms with van der Waals surface area (Å²) in [6.07, 6.45) is 1.89. The summed E-state index contributed by atoms with van der Waals surface area (Å²) in [5.41, 5.74) is 3.76. The normalized spacial score (nSPS) is 15.6. The fourth-order valence-electron chi connectivity index (χ4n) is 3.12. The highest BCUT2D eigenvalue weighted by Crippen LogP contribution is 2.31. The van der Waals surface area contributed by atoms with Crippen molar-refractivity contribution >= 4 is 17.7 Å². The molecule has 1 N–H and O–H groups in total. The number of cyclic esters (lactones) is 1. The number of aryl methyl sites for hydroxylation is 1. The fraction of sp³-hybridized carbons (Fsp3) is 0.136. The number of fused-ring (bicyclic) bond motifs is 1. The maximum atomic E-state index is 12.6. The van der Waals surface area contributed by atoms with E-state index >= 15 is 0 Å². The molecule has 1 aliphatic rings. The number of hydrogen-bond acceptors (Lipinski definition) is 4. The molecule has 0 unspecified atom stereocenters. The number of anilines is 1. The molecule has 1 amide bonds. The Balaban J connectivity index is 1.58. The van der Waals surface area contributed by atoms with Gasteiger partial charge in [-0.2, -0.15) is 0 Å². The summed E-state index contributed by atoms with van der Waals surface area (Å²) in [5, 5.41) is 2.78. The Labute approximate surface area is 157 Å². The highest BCUT2D eigenvalue weighted by molar-refractivity contribution is 6.04. The topological polar surface area (TPSA) is 68.3 Å². The number of nitrogens with zero attached hydrogens (tertiary/aromatic N) is 1. The predicted molar refractivity (Wildman–Crippen MR) is 102 cm³/mol. The van der Waals surface area contributed by atoms with Crippen molar-refractivity contribution < 1.29 is 14.3 Å². The minimum atomic E-state index is -0.364. The van der Waals surface area contributed by atoms with Crippen LogP contribution in [0.3, 0.4) is 0 Å². The smallest absolute Gasteiger partial charge is 0.339 e. The minimum absolute atomic E-state index is 0.260. The number of amides is 1. The van der Waals surface area contributed by atoms with Crippen molar-refractivity contribution in [1.82, 2.24) is 4.98 Å². The van der Waals surface area contributed by atoms with Gasteiger partial charge in [-0.15, -0.1) is 0 Å². The maximum absolute atomic E-state index is 12.6.